The molecular weight excluding hydrogens is 404 g/mol. The van der Waals surface area contributed by atoms with Crippen LogP contribution in [0.15, 0.2) is 53.0 Å². The highest BCUT2D eigenvalue weighted by Crippen LogP contribution is 2.18. The van der Waals surface area contributed by atoms with Gasteiger partial charge in [0.25, 0.3) is 0 Å². The summed E-state index contributed by atoms with van der Waals surface area (Å²) in [4.78, 5) is 24.1. The third-order valence-corrected chi connectivity index (χ3v) is 4.99. The zero-order chi connectivity index (χ0) is 18.2. The number of methoxy groups -OCH3 is 1. The quantitative estimate of drug-likeness (QED) is 0.702. The second kappa shape index (κ2) is 9.48. The first-order valence-electron chi connectivity index (χ1n) is 7.60. The Kier molecular flexibility index (Phi) is 7.33. The fourth-order valence-electron chi connectivity index (χ4n) is 1.92. The van der Waals surface area contributed by atoms with Crippen molar-refractivity contribution in [3.05, 3.63) is 53.0 Å². The van der Waals surface area contributed by atoms with Gasteiger partial charge < -0.3 is 15.4 Å². The first-order valence-corrected chi connectivity index (χ1v) is 9.44. The normalized spacial score (nSPS) is 11.5. The Balaban J connectivity index is 1.77. The number of amides is 2. The lowest BCUT2D eigenvalue weighted by Gasteiger charge is -2.12. The number of carbonyl (C=O) groups is 2. The molecule has 0 aliphatic heterocycles. The number of thioether (sulfide) groups is 1. The maximum atomic E-state index is 12.1. The molecule has 0 radical (unpaired) electrons. The van der Waals surface area contributed by atoms with Crippen molar-refractivity contribution in [1.29, 1.82) is 0 Å². The predicted molar refractivity (Wildman–Crippen MR) is 106 cm³/mol. The summed E-state index contributed by atoms with van der Waals surface area (Å²) in [6.07, 6.45) is 0. The third kappa shape index (κ3) is 6.43. The molecule has 0 heterocycles. The number of halogens is 1. The standard InChI is InChI=1S/C18H19BrN2O3S/c1-12(18(23)21-15-5-3-13(19)4-6-15)25-11-17(22)20-14-7-9-16(24-2)10-8-14/h3-10,12H,11H2,1-2H3,(H,20,22)(H,21,23). The lowest BCUT2D eigenvalue weighted by atomic mass is 10.3. The maximum Gasteiger partial charge on any atom is 0.237 e. The van der Waals surface area contributed by atoms with Crippen LogP contribution in [0.4, 0.5) is 11.4 Å². The van der Waals surface area contributed by atoms with Crippen molar-refractivity contribution in [1.82, 2.24) is 0 Å². The molecule has 0 bridgehead atoms. The van der Waals surface area contributed by atoms with Crippen molar-refractivity contribution in [3.8, 4) is 5.75 Å². The maximum absolute atomic E-state index is 12.1. The Morgan fingerprint density at radius 3 is 2.20 bits per heavy atom. The molecule has 0 saturated heterocycles. The van der Waals surface area contributed by atoms with E-state index in [1.165, 1.54) is 11.8 Å². The molecule has 2 aromatic rings. The minimum atomic E-state index is -0.342. The highest BCUT2D eigenvalue weighted by Gasteiger charge is 2.15. The van der Waals surface area contributed by atoms with Gasteiger partial charge in [0.2, 0.25) is 11.8 Å². The first kappa shape index (κ1) is 19.3. The zero-order valence-corrected chi connectivity index (χ0v) is 16.3. The molecule has 0 aliphatic carbocycles. The lowest BCUT2D eigenvalue weighted by molar-refractivity contribution is -0.115. The molecule has 0 saturated carbocycles. The topological polar surface area (TPSA) is 67.4 Å². The fourth-order valence-corrected chi connectivity index (χ4v) is 2.87. The Morgan fingerprint density at radius 1 is 1.04 bits per heavy atom. The highest BCUT2D eigenvalue weighted by molar-refractivity contribution is 9.10. The van der Waals surface area contributed by atoms with E-state index in [1.54, 1.807) is 38.3 Å². The van der Waals surface area contributed by atoms with E-state index in [4.69, 9.17) is 4.74 Å². The number of anilines is 2. The number of rotatable bonds is 7. The molecule has 2 rings (SSSR count). The molecule has 7 heteroatoms. The molecule has 1 atom stereocenters. The largest absolute Gasteiger partial charge is 0.497 e. The molecule has 132 valence electrons. The van der Waals surface area contributed by atoms with Crippen molar-refractivity contribution in [2.75, 3.05) is 23.5 Å². The molecule has 0 spiro atoms. The summed E-state index contributed by atoms with van der Waals surface area (Å²) in [5, 5.41) is 5.28. The molecule has 1 unspecified atom stereocenters. The number of nitrogens with one attached hydrogen (secondary N) is 2. The first-order chi connectivity index (χ1) is 12.0. The molecule has 0 aliphatic rings. The fraction of sp³-hybridized carbons (Fsp3) is 0.222. The van der Waals surface area contributed by atoms with E-state index >= 15 is 0 Å². The minimum Gasteiger partial charge on any atom is -0.497 e. The monoisotopic (exact) mass is 422 g/mol. The summed E-state index contributed by atoms with van der Waals surface area (Å²) in [6.45, 7) is 1.78. The van der Waals surface area contributed by atoms with E-state index in [1.807, 2.05) is 24.3 Å². The van der Waals surface area contributed by atoms with Crippen molar-refractivity contribution in [2.45, 2.75) is 12.2 Å². The summed E-state index contributed by atoms with van der Waals surface area (Å²) >= 11 is 4.63. The van der Waals surface area contributed by atoms with Gasteiger partial charge in [-0.25, -0.2) is 0 Å². The SMILES string of the molecule is COc1ccc(NC(=O)CSC(C)C(=O)Nc2ccc(Br)cc2)cc1. The number of benzene rings is 2. The van der Waals surface area contributed by atoms with Crippen LogP contribution >= 0.6 is 27.7 Å². The Hall–Kier alpha value is -1.99. The van der Waals surface area contributed by atoms with Crippen LogP contribution in [-0.2, 0) is 9.59 Å². The number of hydrogen-bond acceptors (Lipinski definition) is 4. The van der Waals surface area contributed by atoms with Crippen molar-refractivity contribution in [2.24, 2.45) is 0 Å². The average Bonchev–Trinajstić information content (AvgIpc) is 2.62. The Morgan fingerprint density at radius 2 is 1.60 bits per heavy atom. The van der Waals surface area contributed by atoms with Gasteiger partial charge in [-0.15, -0.1) is 11.8 Å². The van der Waals surface area contributed by atoms with Crippen LogP contribution in [-0.4, -0.2) is 29.9 Å². The second-order valence-corrected chi connectivity index (χ2v) is 7.47. The Labute approximate surface area is 159 Å². The van der Waals surface area contributed by atoms with Crippen LogP contribution in [0.25, 0.3) is 0 Å². The van der Waals surface area contributed by atoms with Crippen molar-refractivity contribution >= 4 is 50.9 Å². The molecular formula is C18H19BrN2O3S. The summed E-state index contributed by atoms with van der Waals surface area (Å²) in [7, 11) is 1.59. The van der Waals surface area contributed by atoms with Gasteiger partial charge in [0, 0.05) is 15.8 Å². The van der Waals surface area contributed by atoms with Crippen molar-refractivity contribution < 1.29 is 14.3 Å². The number of carbonyl (C=O) groups excluding carboxylic acids is 2. The summed E-state index contributed by atoms with van der Waals surface area (Å²) in [6, 6.07) is 14.4. The van der Waals surface area contributed by atoms with Gasteiger partial charge in [0.05, 0.1) is 18.1 Å². The van der Waals surface area contributed by atoms with E-state index in [2.05, 4.69) is 26.6 Å². The minimum absolute atomic E-state index is 0.135. The van der Waals surface area contributed by atoms with Gasteiger partial charge in [-0.05, 0) is 55.5 Å². The highest BCUT2D eigenvalue weighted by atomic mass is 79.9. The molecule has 2 amide bonds. The van der Waals surface area contributed by atoms with E-state index < -0.39 is 0 Å². The molecule has 0 aromatic heterocycles. The predicted octanol–water partition coefficient (Wildman–Crippen LogP) is 4.16. The van der Waals surface area contributed by atoms with Gasteiger partial charge >= 0.3 is 0 Å². The van der Waals surface area contributed by atoms with Crippen LogP contribution in [0.1, 0.15) is 6.92 Å². The summed E-state index contributed by atoms with van der Waals surface area (Å²) in [5.74, 6) is 0.634. The zero-order valence-electron chi connectivity index (χ0n) is 13.9. The average molecular weight is 423 g/mol. The smallest absolute Gasteiger partial charge is 0.237 e. The number of hydrogen-bond donors (Lipinski definition) is 2. The van der Waals surface area contributed by atoms with Gasteiger partial charge in [-0.2, -0.15) is 0 Å². The molecule has 0 fully saturated rings. The molecule has 5 nitrogen and oxygen atoms in total. The van der Waals surface area contributed by atoms with Crippen LogP contribution in [0, 0.1) is 0 Å². The molecule has 2 N–H and O–H groups in total. The molecule has 25 heavy (non-hydrogen) atoms. The van der Waals surface area contributed by atoms with Gasteiger partial charge in [0.1, 0.15) is 5.75 Å². The lowest BCUT2D eigenvalue weighted by Crippen LogP contribution is -2.25. The van der Waals surface area contributed by atoms with Crippen LogP contribution in [0.2, 0.25) is 0 Å². The van der Waals surface area contributed by atoms with E-state index in [9.17, 15) is 9.59 Å². The summed E-state index contributed by atoms with van der Waals surface area (Å²) in [5.41, 5.74) is 1.42. The van der Waals surface area contributed by atoms with E-state index in [-0.39, 0.29) is 22.8 Å². The third-order valence-electron chi connectivity index (χ3n) is 3.32. The van der Waals surface area contributed by atoms with Crippen LogP contribution < -0.4 is 15.4 Å². The Bertz CT molecular complexity index is 720. The molecule has 2 aromatic carbocycles. The van der Waals surface area contributed by atoms with Crippen LogP contribution in [0.5, 0.6) is 5.75 Å². The van der Waals surface area contributed by atoms with Gasteiger partial charge in [-0.1, -0.05) is 15.9 Å². The number of ether oxygens (including phenoxy) is 1. The van der Waals surface area contributed by atoms with E-state index in [0.717, 1.165) is 15.9 Å². The second-order valence-electron chi connectivity index (χ2n) is 5.23. The van der Waals surface area contributed by atoms with Crippen molar-refractivity contribution in [3.63, 3.8) is 0 Å². The van der Waals surface area contributed by atoms with Gasteiger partial charge in [0.15, 0.2) is 0 Å². The van der Waals surface area contributed by atoms with E-state index in [0.29, 0.717) is 5.69 Å². The van der Waals surface area contributed by atoms with Crippen LogP contribution in [0.3, 0.4) is 0 Å². The van der Waals surface area contributed by atoms with Gasteiger partial charge in [-0.3, -0.25) is 9.59 Å². The summed E-state index contributed by atoms with van der Waals surface area (Å²) < 4.78 is 6.02.